The zero-order chi connectivity index (χ0) is 15.7. The lowest BCUT2D eigenvalue weighted by atomic mass is 9.81. The van der Waals surface area contributed by atoms with Crippen LogP contribution in [-0.2, 0) is 9.59 Å². The van der Waals surface area contributed by atoms with Gasteiger partial charge in [0.1, 0.15) is 0 Å². The molecule has 0 aliphatic carbocycles. The highest BCUT2D eigenvalue weighted by Crippen LogP contribution is 2.36. The largest absolute Gasteiger partial charge is 0.347 e. The number of aromatic nitrogens is 2. The summed E-state index contributed by atoms with van der Waals surface area (Å²) in [6.07, 6.45) is 4.34. The van der Waals surface area contributed by atoms with Crippen molar-refractivity contribution in [3.63, 3.8) is 0 Å². The molecule has 118 valence electrons. The number of anilines is 1. The molecule has 0 spiro atoms. The number of amides is 2. The van der Waals surface area contributed by atoms with Crippen LogP contribution in [0, 0.1) is 5.92 Å². The highest BCUT2D eigenvalue weighted by atomic mass is 16.2. The third-order valence-electron chi connectivity index (χ3n) is 4.62. The molecule has 0 saturated carbocycles. The number of nitrogens with zero attached hydrogens (tertiary/aromatic N) is 4. The van der Waals surface area contributed by atoms with Crippen LogP contribution in [0.1, 0.15) is 20.3 Å². The second-order valence-electron chi connectivity index (χ2n) is 6.19. The van der Waals surface area contributed by atoms with Gasteiger partial charge in [0.15, 0.2) is 0 Å². The van der Waals surface area contributed by atoms with Gasteiger partial charge in [-0.05, 0) is 12.5 Å². The summed E-state index contributed by atoms with van der Waals surface area (Å²) >= 11 is 0. The first-order valence-electron chi connectivity index (χ1n) is 7.56. The number of likely N-dealkylation sites (tertiary alicyclic amines) is 1. The Morgan fingerprint density at radius 2 is 2.00 bits per heavy atom. The molecular weight excluding hydrogens is 282 g/mol. The Labute approximate surface area is 129 Å². The number of carbonyl (C=O) groups excluding carboxylic acids is 2. The topological polar surface area (TPSA) is 78.4 Å². The van der Waals surface area contributed by atoms with E-state index in [1.165, 1.54) is 6.92 Å². The van der Waals surface area contributed by atoms with Crippen molar-refractivity contribution in [1.29, 1.82) is 0 Å². The molecule has 0 radical (unpaired) electrons. The van der Waals surface area contributed by atoms with E-state index in [0.29, 0.717) is 25.6 Å². The van der Waals surface area contributed by atoms with Gasteiger partial charge in [0.05, 0.1) is 5.54 Å². The van der Waals surface area contributed by atoms with Crippen molar-refractivity contribution < 1.29 is 9.59 Å². The van der Waals surface area contributed by atoms with Gasteiger partial charge in [-0.1, -0.05) is 0 Å². The number of piperidine rings is 1. The molecular formula is C15H21N5O2. The van der Waals surface area contributed by atoms with E-state index in [9.17, 15) is 9.59 Å². The molecule has 2 amide bonds. The number of carbonyl (C=O) groups is 2. The second-order valence-corrected chi connectivity index (χ2v) is 6.19. The summed E-state index contributed by atoms with van der Waals surface area (Å²) in [4.78, 5) is 36.0. The molecule has 2 saturated heterocycles. The maximum atomic E-state index is 11.7. The van der Waals surface area contributed by atoms with Crippen LogP contribution in [0.2, 0.25) is 0 Å². The van der Waals surface area contributed by atoms with E-state index < -0.39 is 5.54 Å². The lowest BCUT2D eigenvalue weighted by Crippen LogP contribution is -2.64. The van der Waals surface area contributed by atoms with Crippen LogP contribution >= 0.6 is 0 Å². The summed E-state index contributed by atoms with van der Waals surface area (Å²) < 4.78 is 0. The zero-order valence-corrected chi connectivity index (χ0v) is 13.0. The Bertz CT molecular complexity index is 579. The molecule has 1 aromatic rings. The van der Waals surface area contributed by atoms with Crippen LogP contribution in [0.4, 0.5) is 5.95 Å². The molecule has 0 unspecified atom stereocenters. The Balaban J connectivity index is 1.86. The van der Waals surface area contributed by atoms with Crippen LogP contribution in [0.5, 0.6) is 0 Å². The van der Waals surface area contributed by atoms with Gasteiger partial charge in [-0.3, -0.25) is 9.59 Å². The van der Waals surface area contributed by atoms with E-state index >= 15 is 0 Å². The molecule has 2 aliphatic heterocycles. The molecule has 2 fully saturated rings. The maximum absolute atomic E-state index is 11.7. The Morgan fingerprint density at radius 1 is 1.27 bits per heavy atom. The summed E-state index contributed by atoms with van der Waals surface area (Å²) in [6.45, 7) is 5.83. The molecule has 1 N–H and O–H groups in total. The van der Waals surface area contributed by atoms with E-state index in [1.807, 2.05) is 4.90 Å². The molecule has 3 heterocycles. The lowest BCUT2D eigenvalue weighted by molar-refractivity contribution is -0.128. The predicted octanol–water partition coefficient (Wildman–Crippen LogP) is 0.0399. The Kier molecular flexibility index (Phi) is 3.72. The summed E-state index contributed by atoms with van der Waals surface area (Å²) in [5, 5.41) is 3.11. The molecule has 7 nitrogen and oxygen atoms in total. The fourth-order valence-corrected chi connectivity index (χ4v) is 3.65. The van der Waals surface area contributed by atoms with Crippen LogP contribution < -0.4 is 10.2 Å². The van der Waals surface area contributed by atoms with Crippen molar-refractivity contribution in [2.45, 2.75) is 25.8 Å². The van der Waals surface area contributed by atoms with Crippen LogP contribution in [0.25, 0.3) is 0 Å². The minimum atomic E-state index is -0.408. The minimum absolute atomic E-state index is 0.0571. The molecule has 2 aliphatic rings. The summed E-state index contributed by atoms with van der Waals surface area (Å²) in [5.41, 5.74) is -0.408. The van der Waals surface area contributed by atoms with E-state index in [2.05, 4.69) is 20.2 Å². The average molecular weight is 303 g/mol. The highest BCUT2D eigenvalue weighted by Gasteiger charge is 2.51. The van der Waals surface area contributed by atoms with Gasteiger partial charge in [-0.25, -0.2) is 9.97 Å². The molecule has 22 heavy (non-hydrogen) atoms. The SMILES string of the molecule is CC(=O)N[C@]12CN(C(C)=O)C[C@H]1CCN(c1ncccn1)C2. The first-order valence-corrected chi connectivity index (χ1v) is 7.56. The zero-order valence-electron chi connectivity index (χ0n) is 13.0. The van der Waals surface area contributed by atoms with Gasteiger partial charge in [0.25, 0.3) is 0 Å². The quantitative estimate of drug-likeness (QED) is 0.834. The van der Waals surface area contributed by atoms with Gasteiger partial charge in [-0.15, -0.1) is 0 Å². The van der Waals surface area contributed by atoms with E-state index in [1.54, 1.807) is 25.4 Å². The molecule has 3 rings (SSSR count). The van der Waals surface area contributed by atoms with Gasteiger partial charge >= 0.3 is 0 Å². The summed E-state index contributed by atoms with van der Waals surface area (Å²) in [7, 11) is 0. The van der Waals surface area contributed by atoms with Crippen molar-refractivity contribution >= 4 is 17.8 Å². The Morgan fingerprint density at radius 3 is 2.64 bits per heavy atom. The minimum Gasteiger partial charge on any atom is -0.347 e. The number of hydrogen-bond acceptors (Lipinski definition) is 5. The van der Waals surface area contributed by atoms with Crippen LogP contribution in [0.15, 0.2) is 18.5 Å². The molecule has 0 aromatic carbocycles. The van der Waals surface area contributed by atoms with Crippen molar-refractivity contribution in [3.8, 4) is 0 Å². The summed E-state index contributed by atoms with van der Waals surface area (Å²) in [5.74, 6) is 0.945. The average Bonchev–Trinajstić information content (AvgIpc) is 2.85. The molecule has 0 bridgehead atoms. The number of rotatable bonds is 2. The fourth-order valence-electron chi connectivity index (χ4n) is 3.65. The third-order valence-corrected chi connectivity index (χ3v) is 4.62. The first kappa shape index (κ1) is 14.7. The lowest BCUT2D eigenvalue weighted by Gasteiger charge is -2.44. The molecule has 7 heteroatoms. The number of nitrogens with one attached hydrogen (secondary N) is 1. The first-order chi connectivity index (χ1) is 10.5. The van der Waals surface area contributed by atoms with Crippen LogP contribution in [-0.4, -0.2) is 58.4 Å². The Hall–Kier alpha value is -2.18. The monoisotopic (exact) mass is 303 g/mol. The number of hydrogen-bond donors (Lipinski definition) is 1. The normalized spacial score (nSPS) is 27.5. The standard InChI is InChI=1S/C15H21N5O2/c1-11(21)18-15-9-19(14-16-5-3-6-17-14)7-4-13(15)8-20(10-15)12(2)22/h3,5-6,13H,4,7-10H2,1-2H3,(H,18,21)/t13-,15-/m1/s1. The van der Waals surface area contributed by atoms with Gasteiger partial charge < -0.3 is 15.1 Å². The number of fused-ring (bicyclic) bond motifs is 1. The van der Waals surface area contributed by atoms with E-state index in [-0.39, 0.29) is 17.7 Å². The van der Waals surface area contributed by atoms with Gasteiger partial charge in [-0.2, -0.15) is 0 Å². The molecule has 1 aromatic heterocycles. The van der Waals surface area contributed by atoms with Crippen molar-refractivity contribution in [1.82, 2.24) is 20.2 Å². The summed E-state index contributed by atoms with van der Waals surface area (Å²) in [6, 6.07) is 1.78. The van der Waals surface area contributed by atoms with Crippen molar-refractivity contribution in [2.24, 2.45) is 5.92 Å². The fraction of sp³-hybridized carbons (Fsp3) is 0.600. The van der Waals surface area contributed by atoms with Crippen molar-refractivity contribution in [2.75, 3.05) is 31.1 Å². The smallest absolute Gasteiger partial charge is 0.225 e. The predicted molar refractivity (Wildman–Crippen MR) is 81.2 cm³/mol. The van der Waals surface area contributed by atoms with Gasteiger partial charge in [0, 0.05) is 58.3 Å². The van der Waals surface area contributed by atoms with E-state index in [4.69, 9.17) is 0 Å². The van der Waals surface area contributed by atoms with E-state index in [0.717, 1.165) is 13.0 Å². The highest BCUT2D eigenvalue weighted by molar-refractivity contribution is 5.76. The maximum Gasteiger partial charge on any atom is 0.225 e. The van der Waals surface area contributed by atoms with Crippen LogP contribution in [0.3, 0.4) is 0 Å². The second kappa shape index (κ2) is 5.55. The van der Waals surface area contributed by atoms with Gasteiger partial charge in [0.2, 0.25) is 17.8 Å². The third kappa shape index (κ3) is 2.63. The molecule has 2 atom stereocenters. The van der Waals surface area contributed by atoms with Crippen molar-refractivity contribution in [3.05, 3.63) is 18.5 Å².